The normalized spacial score (nSPS) is 19.8. The second kappa shape index (κ2) is 6.55. The van der Waals surface area contributed by atoms with Crippen molar-refractivity contribution in [2.24, 2.45) is 5.92 Å². The number of hydrogen-bond acceptors (Lipinski definition) is 5. The quantitative estimate of drug-likeness (QED) is 0.792. The van der Waals surface area contributed by atoms with Gasteiger partial charge in [0.05, 0.1) is 18.0 Å². The van der Waals surface area contributed by atoms with E-state index in [9.17, 15) is 13.2 Å². The average molecular weight is 313 g/mol. The molecule has 116 valence electrons. The molecule has 1 aromatic rings. The van der Waals surface area contributed by atoms with Gasteiger partial charge in [-0.15, -0.1) is 0 Å². The fourth-order valence-corrected chi connectivity index (χ4v) is 3.32. The first-order chi connectivity index (χ1) is 9.87. The lowest BCUT2D eigenvalue weighted by molar-refractivity contribution is -0.138. The highest BCUT2D eigenvalue weighted by Gasteiger charge is 2.26. The van der Waals surface area contributed by atoms with Gasteiger partial charge in [-0.25, -0.2) is 0 Å². The third kappa shape index (κ3) is 4.52. The van der Waals surface area contributed by atoms with Crippen LogP contribution in [0.3, 0.4) is 0 Å². The molecule has 1 saturated heterocycles. The zero-order valence-electron chi connectivity index (χ0n) is 11.9. The molecule has 1 atom stereocenters. The van der Waals surface area contributed by atoms with Crippen LogP contribution in [0.4, 0.5) is 0 Å². The summed E-state index contributed by atoms with van der Waals surface area (Å²) in [5.41, 5.74) is 0.981. The van der Waals surface area contributed by atoms with Crippen LogP contribution in [-0.4, -0.2) is 50.6 Å². The molecule has 0 aromatic heterocycles. The van der Waals surface area contributed by atoms with Crippen molar-refractivity contribution < 1.29 is 22.5 Å². The lowest BCUT2D eigenvalue weighted by Gasteiger charge is -2.13. The molecular weight excluding hydrogens is 294 g/mol. The minimum absolute atomic E-state index is 0.0127. The molecule has 1 aromatic carbocycles. The molecule has 1 heterocycles. The van der Waals surface area contributed by atoms with E-state index >= 15 is 0 Å². The minimum Gasteiger partial charge on any atom is -0.480 e. The fraction of sp³-hybridized carbons (Fsp3) is 0.500. The standard InChI is InChI=1S/C14H19NO5S/c1-11-2-4-13(5-3-11)21(18,19)20-10-12-6-7-15(8-12)9-14(16)17/h2-5,12H,6-10H2,1H3,(H,16,17). The van der Waals surface area contributed by atoms with Gasteiger partial charge in [0.1, 0.15) is 0 Å². The highest BCUT2D eigenvalue weighted by Crippen LogP contribution is 2.19. The van der Waals surface area contributed by atoms with Gasteiger partial charge in [-0.2, -0.15) is 8.42 Å². The second-order valence-electron chi connectivity index (χ2n) is 5.34. The van der Waals surface area contributed by atoms with Crippen molar-refractivity contribution in [1.29, 1.82) is 0 Å². The summed E-state index contributed by atoms with van der Waals surface area (Å²) in [7, 11) is -3.74. The van der Waals surface area contributed by atoms with Gasteiger partial charge in [0.15, 0.2) is 0 Å². The van der Waals surface area contributed by atoms with Crippen molar-refractivity contribution in [2.45, 2.75) is 18.2 Å². The van der Waals surface area contributed by atoms with E-state index in [1.54, 1.807) is 17.0 Å². The summed E-state index contributed by atoms with van der Waals surface area (Å²) in [6, 6.07) is 6.49. The lowest BCUT2D eigenvalue weighted by Crippen LogP contribution is -2.28. The molecule has 0 aliphatic carbocycles. The Hall–Kier alpha value is -1.44. The number of aryl methyl sites for hydroxylation is 1. The molecule has 0 radical (unpaired) electrons. The van der Waals surface area contributed by atoms with Crippen LogP contribution in [0.1, 0.15) is 12.0 Å². The summed E-state index contributed by atoms with van der Waals surface area (Å²) in [5, 5.41) is 8.72. The Kier molecular flexibility index (Phi) is 4.97. The number of carboxylic acids is 1. The highest BCUT2D eigenvalue weighted by atomic mass is 32.2. The van der Waals surface area contributed by atoms with Gasteiger partial charge in [-0.05, 0) is 37.9 Å². The molecule has 1 aliphatic heterocycles. The first kappa shape index (κ1) is 15.9. The maximum Gasteiger partial charge on any atom is 0.317 e. The van der Waals surface area contributed by atoms with Crippen molar-refractivity contribution in [2.75, 3.05) is 26.2 Å². The van der Waals surface area contributed by atoms with E-state index in [2.05, 4.69) is 0 Å². The average Bonchev–Trinajstić information content (AvgIpc) is 2.84. The molecule has 0 bridgehead atoms. The van der Waals surface area contributed by atoms with Crippen LogP contribution >= 0.6 is 0 Å². The number of carboxylic acid groups (broad SMARTS) is 1. The van der Waals surface area contributed by atoms with Crippen LogP contribution in [0.5, 0.6) is 0 Å². The molecule has 6 nitrogen and oxygen atoms in total. The monoisotopic (exact) mass is 313 g/mol. The van der Waals surface area contributed by atoms with Crippen LogP contribution in [0.2, 0.25) is 0 Å². The van der Waals surface area contributed by atoms with E-state index in [1.165, 1.54) is 12.1 Å². The van der Waals surface area contributed by atoms with Gasteiger partial charge < -0.3 is 5.11 Å². The Bertz CT molecular complexity index is 596. The number of benzene rings is 1. The molecular formula is C14H19NO5S. The molecule has 21 heavy (non-hydrogen) atoms. The fourth-order valence-electron chi connectivity index (χ4n) is 2.34. The minimum atomic E-state index is -3.74. The number of hydrogen-bond donors (Lipinski definition) is 1. The van der Waals surface area contributed by atoms with Gasteiger partial charge in [-0.1, -0.05) is 17.7 Å². The molecule has 0 spiro atoms. The predicted octanol–water partition coefficient (Wildman–Crippen LogP) is 1.11. The number of likely N-dealkylation sites (tertiary alicyclic amines) is 1. The van der Waals surface area contributed by atoms with Gasteiger partial charge in [0, 0.05) is 6.54 Å². The lowest BCUT2D eigenvalue weighted by atomic mass is 10.1. The van der Waals surface area contributed by atoms with E-state index in [-0.39, 0.29) is 24.0 Å². The molecule has 1 aliphatic rings. The zero-order chi connectivity index (χ0) is 15.5. The molecule has 7 heteroatoms. The van der Waals surface area contributed by atoms with Crippen molar-refractivity contribution >= 4 is 16.1 Å². The van der Waals surface area contributed by atoms with Crippen LogP contribution < -0.4 is 0 Å². The smallest absolute Gasteiger partial charge is 0.317 e. The van der Waals surface area contributed by atoms with E-state index in [1.807, 2.05) is 6.92 Å². The second-order valence-corrected chi connectivity index (χ2v) is 6.95. The Morgan fingerprint density at radius 3 is 2.67 bits per heavy atom. The topological polar surface area (TPSA) is 83.9 Å². The molecule has 2 rings (SSSR count). The first-order valence-electron chi connectivity index (χ1n) is 6.77. The summed E-state index contributed by atoms with van der Waals surface area (Å²) in [4.78, 5) is 12.6. The summed E-state index contributed by atoms with van der Waals surface area (Å²) >= 11 is 0. The summed E-state index contributed by atoms with van der Waals surface area (Å²) in [6.07, 6.45) is 0.747. The van der Waals surface area contributed by atoms with Crippen molar-refractivity contribution in [3.63, 3.8) is 0 Å². The maximum atomic E-state index is 12.0. The summed E-state index contributed by atoms with van der Waals surface area (Å²) in [5.74, 6) is -0.826. The van der Waals surface area contributed by atoms with Crippen LogP contribution in [0.25, 0.3) is 0 Å². The molecule has 1 fully saturated rings. The first-order valence-corrected chi connectivity index (χ1v) is 8.18. The van der Waals surface area contributed by atoms with E-state index < -0.39 is 16.1 Å². The van der Waals surface area contributed by atoms with Gasteiger partial charge in [0.25, 0.3) is 10.1 Å². The van der Waals surface area contributed by atoms with Crippen LogP contribution in [0, 0.1) is 12.8 Å². The van der Waals surface area contributed by atoms with Gasteiger partial charge in [0.2, 0.25) is 0 Å². The SMILES string of the molecule is Cc1ccc(S(=O)(=O)OCC2CCN(CC(=O)O)C2)cc1. The Labute approximate surface area is 124 Å². The maximum absolute atomic E-state index is 12.0. The Morgan fingerprint density at radius 2 is 2.05 bits per heavy atom. The number of aliphatic carboxylic acids is 1. The predicted molar refractivity (Wildman–Crippen MR) is 76.5 cm³/mol. The van der Waals surface area contributed by atoms with Crippen molar-refractivity contribution in [3.8, 4) is 0 Å². The summed E-state index contributed by atoms with van der Waals surface area (Å²) in [6.45, 7) is 3.17. The van der Waals surface area contributed by atoms with Crippen LogP contribution in [-0.2, 0) is 19.1 Å². The third-order valence-corrected chi connectivity index (χ3v) is 4.79. The largest absolute Gasteiger partial charge is 0.480 e. The van der Waals surface area contributed by atoms with E-state index in [4.69, 9.17) is 9.29 Å². The molecule has 0 amide bonds. The van der Waals surface area contributed by atoms with Crippen molar-refractivity contribution in [1.82, 2.24) is 4.90 Å². The number of nitrogens with zero attached hydrogens (tertiary/aromatic N) is 1. The molecule has 0 saturated carbocycles. The zero-order valence-corrected chi connectivity index (χ0v) is 12.7. The van der Waals surface area contributed by atoms with Crippen molar-refractivity contribution in [3.05, 3.63) is 29.8 Å². The van der Waals surface area contributed by atoms with E-state index in [0.29, 0.717) is 13.1 Å². The van der Waals surface area contributed by atoms with Gasteiger partial charge >= 0.3 is 5.97 Å². The van der Waals surface area contributed by atoms with Crippen LogP contribution in [0.15, 0.2) is 29.2 Å². The number of rotatable bonds is 6. The Morgan fingerprint density at radius 1 is 1.38 bits per heavy atom. The Balaban J connectivity index is 1.88. The number of carbonyl (C=O) groups is 1. The van der Waals surface area contributed by atoms with E-state index in [0.717, 1.165) is 12.0 Å². The third-order valence-electron chi connectivity index (χ3n) is 3.50. The highest BCUT2D eigenvalue weighted by molar-refractivity contribution is 7.86. The van der Waals surface area contributed by atoms with Gasteiger partial charge in [-0.3, -0.25) is 13.9 Å². The molecule has 1 unspecified atom stereocenters. The summed E-state index contributed by atoms with van der Waals surface area (Å²) < 4.78 is 29.1. The molecule has 1 N–H and O–H groups in total.